The number of nitrogens with one attached hydrogen (secondary N) is 1. The summed E-state index contributed by atoms with van der Waals surface area (Å²) < 4.78 is 78.4. The lowest BCUT2D eigenvalue weighted by Gasteiger charge is -2.46. The average Bonchev–Trinajstić information content (AvgIpc) is 2.61. The molecule has 0 bridgehead atoms. The first-order valence-corrected chi connectivity index (χ1v) is 12.3. The zero-order valence-corrected chi connectivity index (χ0v) is 18.0. The SMILES string of the molecule is CC(=O)N[C@@H]1[C@@H](O)[C@H](O[C@@H]2O[C@H](CS(=O)(=O)O)[C@H](O)[C@H](O)[C@H]2O)[C@@H](CS(=O)(=O)O)O[C@H]1O. The van der Waals surface area contributed by atoms with Gasteiger partial charge in [0.25, 0.3) is 20.2 Å². The van der Waals surface area contributed by atoms with Crippen LogP contribution in [-0.2, 0) is 39.2 Å². The van der Waals surface area contributed by atoms with Crippen LogP contribution in [0.1, 0.15) is 6.92 Å². The Kier molecular flexibility index (Phi) is 8.57. The molecular formula is C14H25NO15S2. The van der Waals surface area contributed by atoms with Crippen molar-refractivity contribution in [2.75, 3.05) is 11.5 Å². The highest BCUT2D eigenvalue weighted by atomic mass is 32.2. The molecule has 2 heterocycles. The van der Waals surface area contributed by atoms with E-state index in [0.717, 1.165) is 6.92 Å². The summed E-state index contributed by atoms with van der Waals surface area (Å²) >= 11 is 0. The van der Waals surface area contributed by atoms with Crippen LogP contribution in [0.2, 0.25) is 0 Å². The molecule has 2 aliphatic heterocycles. The summed E-state index contributed by atoms with van der Waals surface area (Å²) in [6, 6.07) is -1.57. The van der Waals surface area contributed by atoms with Gasteiger partial charge in [0.05, 0.1) is 0 Å². The van der Waals surface area contributed by atoms with Crippen LogP contribution >= 0.6 is 0 Å². The molecule has 8 N–H and O–H groups in total. The number of carbonyl (C=O) groups is 1. The van der Waals surface area contributed by atoms with Gasteiger partial charge in [-0.05, 0) is 0 Å². The van der Waals surface area contributed by atoms with Gasteiger partial charge in [-0.1, -0.05) is 0 Å². The van der Waals surface area contributed by atoms with E-state index in [1.165, 1.54) is 0 Å². The van der Waals surface area contributed by atoms with Crippen LogP contribution in [-0.4, -0.2) is 130 Å². The minimum atomic E-state index is -4.77. The molecule has 2 rings (SSSR count). The maximum atomic E-state index is 11.3. The second-order valence-electron chi connectivity index (χ2n) is 7.39. The van der Waals surface area contributed by atoms with Gasteiger partial charge >= 0.3 is 0 Å². The monoisotopic (exact) mass is 511 g/mol. The van der Waals surface area contributed by atoms with Crippen molar-refractivity contribution >= 4 is 26.1 Å². The molecule has 0 radical (unpaired) electrons. The Hall–Kier alpha value is -1.03. The summed E-state index contributed by atoms with van der Waals surface area (Å²) in [5.74, 6) is -3.17. The van der Waals surface area contributed by atoms with Crippen molar-refractivity contribution in [1.82, 2.24) is 5.32 Å². The molecule has 2 aliphatic rings. The first kappa shape index (κ1) is 27.2. The third-order valence-electron chi connectivity index (χ3n) is 4.77. The summed E-state index contributed by atoms with van der Waals surface area (Å²) in [4.78, 5) is 11.3. The van der Waals surface area contributed by atoms with Crippen molar-refractivity contribution in [3.05, 3.63) is 0 Å². The molecule has 32 heavy (non-hydrogen) atoms. The molecule has 18 heteroatoms. The van der Waals surface area contributed by atoms with E-state index in [1.54, 1.807) is 0 Å². The van der Waals surface area contributed by atoms with Crippen molar-refractivity contribution < 1.29 is 70.5 Å². The lowest BCUT2D eigenvalue weighted by atomic mass is 9.96. The Bertz CT molecular complexity index is 879. The van der Waals surface area contributed by atoms with Gasteiger partial charge in [-0.15, -0.1) is 0 Å². The van der Waals surface area contributed by atoms with Crippen molar-refractivity contribution in [2.24, 2.45) is 0 Å². The molecule has 1 amide bonds. The number of hydrogen-bond donors (Lipinski definition) is 8. The number of aliphatic hydroxyl groups is 5. The zero-order chi connectivity index (χ0) is 24.6. The Morgan fingerprint density at radius 1 is 0.844 bits per heavy atom. The van der Waals surface area contributed by atoms with Crippen molar-refractivity contribution in [3.8, 4) is 0 Å². The molecule has 10 atom stereocenters. The van der Waals surface area contributed by atoms with E-state index in [-0.39, 0.29) is 0 Å². The van der Waals surface area contributed by atoms with E-state index in [0.29, 0.717) is 0 Å². The highest BCUT2D eigenvalue weighted by Gasteiger charge is 2.52. The Morgan fingerprint density at radius 3 is 1.88 bits per heavy atom. The number of ether oxygens (including phenoxy) is 3. The van der Waals surface area contributed by atoms with Gasteiger partial charge in [0.2, 0.25) is 5.91 Å². The van der Waals surface area contributed by atoms with Crippen LogP contribution < -0.4 is 5.32 Å². The minimum Gasteiger partial charge on any atom is -0.388 e. The molecular weight excluding hydrogens is 486 g/mol. The predicted molar refractivity (Wildman–Crippen MR) is 98.9 cm³/mol. The Balaban J connectivity index is 2.32. The fourth-order valence-corrected chi connectivity index (χ4v) is 4.74. The number of hydrogen-bond acceptors (Lipinski definition) is 13. The summed E-state index contributed by atoms with van der Waals surface area (Å²) in [6.07, 6.45) is -17.4. The topological polar surface area (TPSA) is 267 Å². The summed E-state index contributed by atoms with van der Waals surface area (Å²) in [5, 5.41) is 52.7. The van der Waals surface area contributed by atoms with Gasteiger partial charge in [-0.2, -0.15) is 16.8 Å². The van der Waals surface area contributed by atoms with Gasteiger partial charge in [0.1, 0.15) is 60.3 Å². The van der Waals surface area contributed by atoms with Crippen LogP contribution in [0.15, 0.2) is 0 Å². The lowest BCUT2D eigenvalue weighted by Crippen LogP contribution is -2.67. The Labute approximate surface area is 182 Å². The second kappa shape index (κ2) is 10.1. The highest BCUT2D eigenvalue weighted by Crippen LogP contribution is 2.29. The number of carbonyl (C=O) groups excluding carboxylic acids is 1. The standard InChI is InChI=1S/C14H25NO15S2/c1-4(16)15-7-9(18)12(6(28-13(7)21)3-32(25,26)27)30-14-11(20)10(19)8(17)5(29-14)2-31(22,23)24/h5-14,17-21H,2-3H2,1H3,(H,15,16)(H,22,23,24)(H,25,26,27)/t5-,6-,7-,8+,9-,10+,11-,12-,13-,14+/m1/s1. The lowest BCUT2D eigenvalue weighted by molar-refractivity contribution is -0.336. The molecule has 2 saturated heterocycles. The quantitative estimate of drug-likeness (QED) is 0.148. The van der Waals surface area contributed by atoms with Crippen LogP contribution in [0, 0.1) is 0 Å². The first-order chi connectivity index (χ1) is 14.5. The molecule has 0 aromatic carbocycles. The first-order valence-electron chi connectivity index (χ1n) is 9.04. The van der Waals surface area contributed by atoms with Crippen LogP contribution in [0.3, 0.4) is 0 Å². The number of amides is 1. The third kappa shape index (κ3) is 6.98. The molecule has 2 fully saturated rings. The molecule has 0 aliphatic carbocycles. The summed E-state index contributed by atoms with van der Waals surface area (Å²) in [5.41, 5.74) is 0. The normalized spacial score (nSPS) is 41.2. The fraction of sp³-hybridized carbons (Fsp3) is 0.929. The molecule has 0 unspecified atom stereocenters. The van der Waals surface area contributed by atoms with E-state index >= 15 is 0 Å². The van der Waals surface area contributed by atoms with Gasteiger partial charge in [0, 0.05) is 6.92 Å². The smallest absolute Gasteiger partial charge is 0.267 e. The van der Waals surface area contributed by atoms with E-state index in [1.807, 2.05) is 0 Å². The van der Waals surface area contributed by atoms with Gasteiger partial charge < -0.3 is 45.1 Å². The molecule has 0 aromatic rings. The molecule has 0 spiro atoms. The van der Waals surface area contributed by atoms with E-state index < -0.39 is 99.0 Å². The summed E-state index contributed by atoms with van der Waals surface area (Å²) in [7, 11) is -9.50. The van der Waals surface area contributed by atoms with Crippen LogP contribution in [0.4, 0.5) is 0 Å². The largest absolute Gasteiger partial charge is 0.388 e. The van der Waals surface area contributed by atoms with E-state index in [2.05, 4.69) is 5.32 Å². The number of aliphatic hydroxyl groups excluding tert-OH is 5. The van der Waals surface area contributed by atoms with Crippen molar-refractivity contribution in [3.63, 3.8) is 0 Å². The van der Waals surface area contributed by atoms with Crippen LogP contribution in [0.25, 0.3) is 0 Å². The molecule has 188 valence electrons. The Morgan fingerprint density at radius 2 is 1.38 bits per heavy atom. The molecule has 16 nitrogen and oxygen atoms in total. The number of rotatable bonds is 7. The molecule has 0 aromatic heterocycles. The third-order valence-corrected chi connectivity index (χ3v) is 6.27. The van der Waals surface area contributed by atoms with Crippen molar-refractivity contribution in [1.29, 1.82) is 0 Å². The van der Waals surface area contributed by atoms with Gasteiger partial charge in [0.15, 0.2) is 12.6 Å². The predicted octanol–water partition coefficient (Wildman–Crippen LogP) is -5.46. The van der Waals surface area contributed by atoms with E-state index in [9.17, 15) is 47.2 Å². The van der Waals surface area contributed by atoms with Gasteiger partial charge in [-0.25, -0.2) is 0 Å². The van der Waals surface area contributed by atoms with Gasteiger partial charge in [-0.3, -0.25) is 13.9 Å². The second-order valence-corrected chi connectivity index (χ2v) is 10.4. The minimum absolute atomic E-state index is 0.732. The highest BCUT2D eigenvalue weighted by molar-refractivity contribution is 7.86. The maximum absolute atomic E-state index is 11.3. The fourth-order valence-electron chi connectivity index (χ4n) is 3.36. The van der Waals surface area contributed by atoms with Crippen LogP contribution in [0.5, 0.6) is 0 Å². The average molecular weight is 511 g/mol. The molecule has 0 saturated carbocycles. The zero-order valence-electron chi connectivity index (χ0n) is 16.4. The van der Waals surface area contributed by atoms with Crippen molar-refractivity contribution in [2.45, 2.75) is 68.3 Å². The summed E-state index contributed by atoms with van der Waals surface area (Å²) in [6.45, 7) is 1.03. The van der Waals surface area contributed by atoms with E-state index in [4.69, 9.17) is 23.3 Å². The maximum Gasteiger partial charge on any atom is 0.267 e.